The Morgan fingerprint density at radius 1 is 1.22 bits per heavy atom. The Balaban J connectivity index is 3.33. The Kier molecular flexibility index (Phi) is 4.36. The quantitative estimate of drug-likeness (QED) is 0.840. The van der Waals surface area contributed by atoms with Crippen molar-refractivity contribution in [3.05, 3.63) is 29.6 Å². The van der Waals surface area contributed by atoms with Gasteiger partial charge in [0.25, 0.3) is 0 Å². The molecule has 0 spiro atoms. The predicted octanol–water partition coefficient (Wildman–Crippen LogP) is 1.07. The van der Waals surface area contributed by atoms with Crippen LogP contribution in [0.2, 0.25) is 0 Å². The molecule has 0 saturated carbocycles. The molecular weight excluding hydrogens is 269 g/mol. The minimum atomic E-state index is -4.25. The fraction of sp³-hybridized carbons (Fsp3) is 0.400. The van der Waals surface area contributed by atoms with Crippen LogP contribution in [0.15, 0.2) is 17.0 Å². The zero-order valence-corrected chi connectivity index (χ0v) is 10.6. The van der Waals surface area contributed by atoms with Crippen LogP contribution in [0.3, 0.4) is 0 Å². The van der Waals surface area contributed by atoms with Crippen LogP contribution in [0.4, 0.5) is 13.2 Å². The summed E-state index contributed by atoms with van der Waals surface area (Å²) in [6.45, 7) is 1.52. The molecule has 8 heteroatoms. The highest BCUT2D eigenvalue weighted by Gasteiger charge is 2.29. The summed E-state index contributed by atoms with van der Waals surface area (Å²) >= 11 is 0. The first-order chi connectivity index (χ1) is 8.21. The van der Waals surface area contributed by atoms with Crippen molar-refractivity contribution < 1.29 is 21.6 Å². The van der Waals surface area contributed by atoms with Gasteiger partial charge in [-0.2, -0.15) is 4.31 Å². The second kappa shape index (κ2) is 5.25. The predicted molar refractivity (Wildman–Crippen MR) is 59.8 cm³/mol. The minimum absolute atomic E-state index is 0.0149. The van der Waals surface area contributed by atoms with Gasteiger partial charge in [0.15, 0.2) is 11.6 Å². The van der Waals surface area contributed by atoms with Crippen molar-refractivity contribution in [2.24, 2.45) is 5.73 Å². The number of hydrogen-bond acceptors (Lipinski definition) is 3. The van der Waals surface area contributed by atoms with Gasteiger partial charge in [0, 0.05) is 25.7 Å². The largest absolute Gasteiger partial charge is 0.329 e. The fourth-order valence-electron chi connectivity index (χ4n) is 1.24. The third-order valence-electron chi connectivity index (χ3n) is 2.59. The average molecular weight is 282 g/mol. The molecule has 1 aromatic rings. The van der Waals surface area contributed by atoms with Crippen molar-refractivity contribution in [2.45, 2.75) is 17.9 Å². The van der Waals surface area contributed by atoms with Crippen molar-refractivity contribution >= 4 is 10.0 Å². The second-order valence-electron chi connectivity index (χ2n) is 3.80. The molecule has 1 aromatic carbocycles. The van der Waals surface area contributed by atoms with E-state index in [0.29, 0.717) is 6.07 Å². The molecule has 0 aliphatic heterocycles. The molecule has 0 bridgehead atoms. The third-order valence-corrected chi connectivity index (χ3v) is 4.58. The second-order valence-corrected chi connectivity index (χ2v) is 5.77. The van der Waals surface area contributed by atoms with Crippen LogP contribution in [-0.4, -0.2) is 32.4 Å². The summed E-state index contributed by atoms with van der Waals surface area (Å²) < 4.78 is 63.9. The maximum atomic E-state index is 13.4. The molecule has 0 heterocycles. The van der Waals surface area contributed by atoms with Gasteiger partial charge >= 0.3 is 0 Å². The smallest absolute Gasteiger partial charge is 0.246 e. The normalized spacial score (nSPS) is 13.9. The molecule has 2 N–H and O–H groups in total. The Morgan fingerprint density at radius 3 is 2.22 bits per heavy atom. The Morgan fingerprint density at radius 2 is 1.72 bits per heavy atom. The zero-order chi connectivity index (χ0) is 14.1. The van der Waals surface area contributed by atoms with Crippen LogP contribution in [0, 0.1) is 17.5 Å². The Hall–Kier alpha value is -1.12. The van der Waals surface area contributed by atoms with Crippen molar-refractivity contribution in [3.63, 3.8) is 0 Å². The highest BCUT2D eigenvalue weighted by atomic mass is 32.2. The fourth-order valence-corrected chi connectivity index (χ4v) is 2.67. The van der Waals surface area contributed by atoms with Crippen LogP contribution < -0.4 is 5.73 Å². The molecule has 1 unspecified atom stereocenters. The van der Waals surface area contributed by atoms with E-state index in [0.717, 1.165) is 4.31 Å². The lowest BCUT2D eigenvalue weighted by molar-refractivity contribution is 0.390. The van der Waals surface area contributed by atoms with Crippen molar-refractivity contribution in [2.75, 3.05) is 13.6 Å². The van der Waals surface area contributed by atoms with Gasteiger partial charge in [-0.15, -0.1) is 0 Å². The van der Waals surface area contributed by atoms with E-state index in [-0.39, 0.29) is 12.6 Å². The monoisotopic (exact) mass is 282 g/mol. The number of halogens is 3. The molecule has 1 rings (SSSR count). The number of likely N-dealkylation sites (N-methyl/N-ethyl adjacent to an activating group) is 1. The van der Waals surface area contributed by atoms with Gasteiger partial charge < -0.3 is 5.73 Å². The summed E-state index contributed by atoms with van der Waals surface area (Å²) in [5.41, 5.74) is 5.31. The summed E-state index contributed by atoms with van der Waals surface area (Å²) in [5.74, 6) is -4.21. The lowest BCUT2D eigenvalue weighted by atomic mass is 10.3. The number of benzene rings is 1. The van der Waals surface area contributed by atoms with E-state index >= 15 is 0 Å². The molecule has 0 saturated heterocycles. The topological polar surface area (TPSA) is 63.4 Å². The standard InChI is InChI=1S/C10H13F3N2O2S/c1-6(5-14)15(2)18(16,17)10-4-8(12)7(11)3-9(10)13/h3-4,6H,5,14H2,1-2H3. The first-order valence-corrected chi connectivity index (χ1v) is 6.48. The summed E-state index contributed by atoms with van der Waals surface area (Å²) in [5, 5.41) is 0. The van der Waals surface area contributed by atoms with E-state index in [1.165, 1.54) is 14.0 Å². The minimum Gasteiger partial charge on any atom is -0.329 e. The van der Waals surface area contributed by atoms with E-state index < -0.39 is 38.4 Å². The molecule has 4 nitrogen and oxygen atoms in total. The number of nitrogens with zero attached hydrogens (tertiary/aromatic N) is 1. The number of hydrogen-bond donors (Lipinski definition) is 1. The van der Waals surface area contributed by atoms with Gasteiger partial charge in [0.05, 0.1) is 0 Å². The molecule has 0 amide bonds. The van der Waals surface area contributed by atoms with Gasteiger partial charge in [-0.05, 0) is 13.0 Å². The van der Waals surface area contributed by atoms with E-state index in [1.807, 2.05) is 0 Å². The van der Waals surface area contributed by atoms with Gasteiger partial charge in [-0.3, -0.25) is 0 Å². The van der Waals surface area contributed by atoms with Crippen LogP contribution in [0.1, 0.15) is 6.92 Å². The lowest BCUT2D eigenvalue weighted by Crippen LogP contribution is -2.40. The van der Waals surface area contributed by atoms with Gasteiger partial charge in [0.1, 0.15) is 10.7 Å². The highest BCUT2D eigenvalue weighted by molar-refractivity contribution is 7.89. The van der Waals surface area contributed by atoms with Crippen LogP contribution in [-0.2, 0) is 10.0 Å². The molecule has 18 heavy (non-hydrogen) atoms. The van der Waals surface area contributed by atoms with Crippen LogP contribution in [0.5, 0.6) is 0 Å². The maximum Gasteiger partial charge on any atom is 0.246 e. The summed E-state index contributed by atoms with van der Waals surface area (Å²) in [4.78, 5) is -0.913. The molecule has 0 fully saturated rings. The lowest BCUT2D eigenvalue weighted by Gasteiger charge is -2.23. The highest BCUT2D eigenvalue weighted by Crippen LogP contribution is 2.22. The molecule has 0 aromatic heterocycles. The van der Waals surface area contributed by atoms with Gasteiger partial charge in [0.2, 0.25) is 10.0 Å². The third kappa shape index (κ3) is 2.65. The van der Waals surface area contributed by atoms with Gasteiger partial charge in [-0.25, -0.2) is 21.6 Å². The Bertz CT molecular complexity index is 548. The summed E-state index contributed by atoms with van der Waals surface area (Å²) in [6, 6.07) is -0.0781. The number of nitrogens with two attached hydrogens (primary N) is 1. The van der Waals surface area contributed by atoms with Gasteiger partial charge in [-0.1, -0.05) is 0 Å². The molecule has 0 aliphatic rings. The molecule has 0 aliphatic carbocycles. The van der Waals surface area contributed by atoms with Crippen molar-refractivity contribution in [3.8, 4) is 0 Å². The molecular formula is C10H13F3N2O2S. The van der Waals surface area contributed by atoms with Crippen molar-refractivity contribution in [1.82, 2.24) is 4.31 Å². The average Bonchev–Trinajstić information content (AvgIpc) is 2.31. The van der Waals surface area contributed by atoms with Crippen LogP contribution >= 0.6 is 0 Å². The number of sulfonamides is 1. The van der Waals surface area contributed by atoms with E-state index in [4.69, 9.17) is 5.73 Å². The van der Waals surface area contributed by atoms with Crippen LogP contribution in [0.25, 0.3) is 0 Å². The van der Waals surface area contributed by atoms with E-state index in [1.54, 1.807) is 0 Å². The summed E-state index contributed by atoms with van der Waals surface area (Å²) in [6.07, 6.45) is 0. The van der Waals surface area contributed by atoms with E-state index in [9.17, 15) is 21.6 Å². The number of rotatable bonds is 4. The molecule has 0 radical (unpaired) electrons. The molecule has 102 valence electrons. The maximum absolute atomic E-state index is 13.4. The van der Waals surface area contributed by atoms with E-state index in [2.05, 4.69) is 0 Å². The van der Waals surface area contributed by atoms with Crippen molar-refractivity contribution in [1.29, 1.82) is 0 Å². The first kappa shape index (κ1) is 14.9. The Labute approximate surface area is 103 Å². The SMILES string of the molecule is CC(CN)N(C)S(=O)(=O)c1cc(F)c(F)cc1F. The molecule has 1 atom stereocenters. The first-order valence-electron chi connectivity index (χ1n) is 5.04. The zero-order valence-electron chi connectivity index (χ0n) is 9.82. The summed E-state index contributed by atoms with van der Waals surface area (Å²) in [7, 11) is -3.06.